The summed E-state index contributed by atoms with van der Waals surface area (Å²) in [5, 5.41) is 1.45. The third-order valence-corrected chi connectivity index (χ3v) is 10.7. The van der Waals surface area contributed by atoms with Gasteiger partial charge in [0.15, 0.2) is 0 Å². The second-order valence-corrected chi connectivity index (χ2v) is 13.4. The van der Waals surface area contributed by atoms with E-state index in [0.29, 0.717) is 0 Å². The van der Waals surface area contributed by atoms with Gasteiger partial charge in [0.2, 0.25) is 0 Å². The van der Waals surface area contributed by atoms with Gasteiger partial charge in [-0.05, 0) is 59.4 Å². The second-order valence-electron chi connectivity index (χ2n) is 9.94. The molecular weight excluding hydrogens is 558 g/mol. The van der Waals surface area contributed by atoms with E-state index in [1.807, 2.05) is 36.4 Å². The molecule has 4 unspecified atom stereocenters. The van der Waals surface area contributed by atoms with Gasteiger partial charge >= 0.3 is 0 Å². The van der Waals surface area contributed by atoms with E-state index in [0.717, 1.165) is 22.9 Å². The Bertz CT molecular complexity index is 1160. The van der Waals surface area contributed by atoms with Crippen molar-refractivity contribution >= 4 is 58.2 Å². The first-order valence-corrected chi connectivity index (χ1v) is 14.8. The first kappa shape index (κ1) is 28.4. The van der Waals surface area contributed by atoms with Crippen molar-refractivity contribution < 1.29 is 0 Å². The lowest BCUT2D eigenvalue weighted by atomic mass is 9.78. The minimum absolute atomic E-state index is 0.290. The summed E-state index contributed by atoms with van der Waals surface area (Å²) in [5.74, 6) is 0. The van der Waals surface area contributed by atoms with Gasteiger partial charge in [-0.15, -0.1) is 35.0 Å². The van der Waals surface area contributed by atoms with Crippen LogP contribution in [0.5, 0.6) is 0 Å². The van der Waals surface area contributed by atoms with E-state index in [2.05, 4.69) is 86.6 Å². The van der Waals surface area contributed by atoms with E-state index in [1.165, 1.54) is 22.3 Å². The topological polar surface area (TPSA) is 0 Å². The Hall–Kier alpha value is -1.61. The van der Waals surface area contributed by atoms with Crippen molar-refractivity contribution in [2.45, 2.75) is 46.9 Å². The van der Waals surface area contributed by atoms with E-state index >= 15 is 0 Å². The number of halogens is 4. The Balaban J connectivity index is 1.66. The normalized spacial score (nSPS) is 16.4. The second kappa shape index (κ2) is 12.5. The Morgan fingerprint density at radius 1 is 0.541 bits per heavy atom. The van der Waals surface area contributed by atoms with Crippen LogP contribution in [0.25, 0.3) is 0 Å². The number of hydrogen-bond acceptors (Lipinski definition) is 1. The Labute approximate surface area is 245 Å². The lowest BCUT2D eigenvalue weighted by Gasteiger charge is -2.40. The van der Waals surface area contributed by atoms with Crippen molar-refractivity contribution in [2.75, 3.05) is 0 Å². The van der Waals surface area contributed by atoms with Gasteiger partial charge in [-0.2, -0.15) is 0 Å². The molecule has 0 nitrogen and oxygen atoms in total. The summed E-state index contributed by atoms with van der Waals surface area (Å²) in [6.07, 6.45) is 1.52. The molecule has 4 atom stereocenters. The maximum atomic E-state index is 7.35. The van der Waals surface area contributed by atoms with E-state index in [9.17, 15) is 0 Å². The number of alkyl halides is 2. The first-order chi connectivity index (χ1) is 17.7. The highest BCUT2D eigenvalue weighted by Crippen LogP contribution is 2.48. The highest BCUT2D eigenvalue weighted by Gasteiger charge is 2.42. The van der Waals surface area contributed by atoms with Gasteiger partial charge in [-0.1, -0.05) is 122 Å². The van der Waals surface area contributed by atoms with Crippen molar-refractivity contribution in [3.63, 3.8) is 0 Å². The predicted molar refractivity (Wildman–Crippen MR) is 165 cm³/mol. The Morgan fingerprint density at radius 3 is 1.19 bits per heavy atom. The summed E-state index contributed by atoms with van der Waals surface area (Å²) in [4.78, 5) is 0. The molecule has 0 N–H and O–H groups in total. The quantitative estimate of drug-likeness (QED) is 0.166. The molecule has 0 bridgehead atoms. The number of benzene rings is 4. The molecule has 0 spiro atoms. The van der Waals surface area contributed by atoms with Gasteiger partial charge in [0, 0.05) is 20.9 Å². The molecule has 4 aromatic rings. The van der Waals surface area contributed by atoms with Gasteiger partial charge in [-0.3, -0.25) is 0 Å². The summed E-state index contributed by atoms with van der Waals surface area (Å²) >= 11 is 28.6. The molecule has 192 valence electrons. The molecule has 4 rings (SSSR count). The van der Waals surface area contributed by atoms with Crippen LogP contribution in [0.3, 0.4) is 0 Å². The van der Waals surface area contributed by atoms with Crippen molar-refractivity contribution in [1.82, 2.24) is 0 Å². The fourth-order valence-corrected chi connectivity index (χ4v) is 7.41. The SMILES string of the molecule is CC(Cc1ccc(Cl)cc1)(c1ccccc1)C(Cl)SC(Cl)C(C)(Cc1ccc(Cl)cc1)c1ccccc1. The molecular formula is C32H30Cl4S. The standard InChI is InChI=1S/C32H30Cl4S/c1-31(25-9-5-3-6-10-25,21-23-13-17-27(33)18-14-23)29(35)37-30(36)32(2,26-11-7-4-8-12-26)22-24-15-19-28(34)20-16-24/h3-20,29-30H,21-22H2,1-2H3. The number of thioether (sulfide) groups is 1. The van der Waals surface area contributed by atoms with E-state index < -0.39 is 0 Å². The zero-order chi connectivity index (χ0) is 26.5. The highest BCUT2D eigenvalue weighted by molar-refractivity contribution is 8.02. The smallest absolute Gasteiger partial charge is 0.0900 e. The largest absolute Gasteiger partial charge is 0.121 e. The van der Waals surface area contributed by atoms with E-state index in [1.54, 1.807) is 11.8 Å². The maximum absolute atomic E-state index is 7.35. The zero-order valence-electron chi connectivity index (χ0n) is 20.9. The molecule has 0 aromatic heterocycles. The van der Waals surface area contributed by atoms with Crippen molar-refractivity contribution in [2.24, 2.45) is 0 Å². The van der Waals surface area contributed by atoms with Crippen LogP contribution in [0.1, 0.15) is 36.1 Å². The van der Waals surface area contributed by atoms with Gasteiger partial charge in [0.1, 0.15) is 0 Å². The van der Waals surface area contributed by atoms with Gasteiger partial charge < -0.3 is 0 Å². The molecule has 0 saturated heterocycles. The van der Waals surface area contributed by atoms with Gasteiger partial charge in [0.05, 0.1) is 9.42 Å². The minimum atomic E-state index is -0.369. The van der Waals surface area contributed by atoms with Gasteiger partial charge in [0.25, 0.3) is 0 Å². The molecule has 0 heterocycles. The maximum Gasteiger partial charge on any atom is 0.0900 e. The van der Waals surface area contributed by atoms with Crippen molar-refractivity contribution in [1.29, 1.82) is 0 Å². The molecule has 0 radical (unpaired) electrons. The Morgan fingerprint density at radius 2 is 0.865 bits per heavy atom. The van der Waals surface area contributed by atoms with Crippen LogP contribution in [0.15, 0.2) is 109 Å². The Kier molecular flexibility index (Phi) is 9.59. The van der Waals surface area contributed by atoms with Crippen LogP contribution < -0.4 is 0 Å². The minimum Gasteiger partial charge on any atom is -0.121 e. The van der Waals surface area contributed by atoms with Gasteiger partial charge in [-0.25, -0.2) is 0 Å². The van der Waals surface area contributed by atoms with Crippen LogP contribution >= 0.6 is 58.2 Å². The summed E-state index contributed by atoms with van der Waals surface area (Å²) in [5.41, 5.74) is 3.99. The highest BCUT2D eigenvalue weighted by atomic mass is 35.5. The molecule has 0 aliphatic heterocycles. The first-order valence-electron chi connectivity index (χ1n) is 12.2. The van der Waals surface area contributed by atoms with Crippen LogP contribution in [0.2, 0.25) is 10.0 Å². The number of rotatable bonds is 10. The molecule has 0 fully saturated rings. The average Bonchev–Trinajstić information content (AvgIpc) is 2.92. The summed E-state index contributed by atoms with van der Waals surface area (Å²) in [7, 11) is 0. The number of hydrogen-bond donors (Lipinski definition) is 0. The summed E-state index contributed by atoms with van der Waals surface area (Å²) < 4.78 is -0.581. The molecule has 0 amide bonds. The van der Waals surface area contributed by atoms with Crippen LogP contribution in [-0.2, 0) is 23.7 Å². The lowest BCUT2D eigenvalue weighted by molar-refractivity contribution is 0.492. The average molecular weight is 588 g/mol. The fraction of sp³-hybridized carbons (Fsp3) is 0.250. The monoisotopic (exact) mass is 586 g/mol. The molecule has 5 heteroatoms. The van der Waals surface area contributed by atoms with Crippen molar-refractivity contribution in [3.8, 4) is 0 Å². The summed E-state index contributed by atoms with van der Waals surface area (Å²) in [6, 6.07) is 37.0. The molecule has 0 aliphatic carbocycles. The third-order valence-electron chi connectivity index (χ3n) is 7.08. The van der Waals surface area contributed by atoms with Crippen molar-refractivity contribution in [3.05, 3.63) is 141 Å². The van der Waals surface area contributed by atoms with E-state index in [4.69, 9.17) is 46.4 Å². The fourth-order valence-electron chi connectivity index (χ4n) is 4.72. The van der Waals surface area contributed by atoms with E-state index in [-0.39, 0.29) is 20.2 Å². The summed E-state index contributed by atoms with van der Waals surface area (Å²) in [6.45, 7) is 4.45. The predicted octanol–water partition coefficient (Wildman–Crippen LogP) is 10.6. The zero-order valence-corrected chi connectivity index (χ0v) is 24.7. The van der Waals surface area contributed by atoms with Crippen LogP contribution in [0, 0.1) is 0 Å². The molecule has 4 aromatic carbocycles. The molecule has 0 saturated carbocycles. The van der Waals surface area contributed by atoms with Crippen LogP contribution in [0.4, 0.5) is 0 Å². The third kappa shape index (κ3) is 6.88. The molecule has 37 heavy (non-hydrogen) atoms. The van der Waals surface area contributed by atoms with Crippen LogP contribution in [-0.4, -0.2) is 9.42 Å². The lowest BCUT2D eigenvalue weighted by Crippen LogP contribution is -2.39. The molecule has 0 aliphatic rings.